The third kappa shape index (κ3) is 3.34. The Morgan fingerprint density at radius 2 is 1.70 bits per heavy atom. The molecule has 3 aromatic carbocycles. The maximum atomic E-state index is 13.2. The van der Waals surface area contributed by atoms with E-state index in [1.54, 1.807) is 30.3 Å². The van der Waals surface area contributed by atoms with Crippen LogP contribution in [0, 0.1) is 13.8 Å². The molecule has 0 aliphatic carbocycles. The van der Waals surface area contributed by atoms with Gasteiger partial charge in [0.25, 0.3) is 5.78 Å². The molecule has 4 aromatic rings. The largest absolute Gasteiger partial charge is 0.508 e. The molecule has 1 aromatic heterocycles. The lowest BCUT2D eigenvalue weighted by Crippen LogP contribution is -2.30. The molecule has 33 heavy (non-hydrogen) atoms. The summed E-state index contributed by atoms with van der Waals surface area (Å²) in [6, 6.07) is 17.9. The molecule has 2 heterocycles. The number of H-pyrrole nitrogens is 1. The highest BCUT2D eigenvalue weighted by atomic mass is 16.3. The number of hydrogen-bond acceptors (Lipinski definition) is 5. The molecular formula is C26H21N3O4. The smallest absolute Gasteiger partial charge is 0.302 e. The number of nitrogens with zero attached hydrogens (tertiary/aromatic N) is 2. The van der Waals surface area contributed by atoms with Gasteiger partial charge in [-0.25, -0.2) is 4.98 Å². The highest BCUT2D eigenvalue weighted by Crippen LogP contribution is 2.42. The van der Waals surface area contributed by atoms with Crippen LogP contribution in [-0.2, 0) is 9.59 Å². The van der Waals surface area contributed by atoms with Crippen molar-refractivity contribution in [3.05, 3.63) is 94.6 Å². The van der Waals surface area contributed by atoms with Gasteiger partial charge in [-0.1, -0.05) is 36.4 Å². The van der Waals surface area contributed by atoms with Crippen molar-refractivity contribution in [1.29, 1.82) is 0 Å². The number of phenols is 1. The Balaban J connectivity index is 1.74. The van der Waals surface area contributed by atoms with Gasteiger partial charge in [0.15, 0.2) is 0 Å². The maximum Gasteiger partial charge on any atom is 0.302 e. The Morgan fingerprint density at radius 1 is 0.970 bits per heavy atom. The predicted octanol–water partition coefficient (Wildman–Crippen LogP) is 4.51. The summed E-state index contributed by atoms with van der Waals surface area (Å²) in [5.41, 5.74) is 4.33. The van der Waals surface area contributed by atoms with Gasteiger partial charge in [0.1, 0.15) is 11.5 Å². The maximum absolute atomic E-state index is 13.2. The second kappa shape index (κ2) is 7.63. The van der Waals surface area contributed by atoms with Gasteiger partial charge in [-0.3, -0.25) is 14.5 Å². The average Bonchev–Trinajstić information content (AvgIpc) is 3.34. The first-order chi connectivity index (χ1) is 15.8. The highest BCUT2D eigenvalue weighted by molar-refractivity contribution is 6.51. The molecule has 164 valence electrons. The van der Waals surface area contributed by atoms with Crippen molar-refractivity contribution in [2.75, 3.05) is 4.90 Å². The number of aliphatic hydroxyl groups is 1. The van der Waals surface area contributed by atoms with Gasteiger partial charge < -0.3 is 15.2 Å². The minimum atomic E-state index is -0.923. The summed E-state index contributed by atoms with van der Waals surface area (Å²) in [5, 5.41) is 21.0. The van der Waals surface area contributed by atoms with Crippen LogP contribution in [0.25, 0.3) is 16.8 Å². The Bertz CT molecular complexity index is 1420. The standard InChI is InChI=1S/C26H21N3O4/c1-14-7-8-17(13-15(14)2)23(31)21-22(16-9-11-18(30)12-10-16)29(25(33)24(21)32)26-27-19-5-3-4-6-20(19)28-26/h3-13,22,30-31H,1-2H3,(H,27,28)/b23-21+. The van der Waals surface area contributed by atoms with E-state index in [-0.39, 0.29) is 23.0 Å². The number of aliphatic hydroxyl groups excluding tert-OH is 1. The first-order valence-electron chi connectivity index (χ1n) is 10.5. The van der Waals surface area contributed by atoms with Gasteiger partial charge in [-0.15, -0.1) is 0 Å². The predicted molar refractivity (Wildman–Crippen MR) is 125 cm³/mol. The number of carbonyl (C=O) groups excluding carboxylic acids is 2. The molecule has 0 saturated carbocycles. The monoisotopic (exact) mass is 439 g/mol. The number of ketones is 1. The van der Waals surface area contributed by atoms with Crippen molar-refractivity contribution in [3.63, 3.8) is 0 Å². The van der Waals surface area contributed by atoms with Gasteiger partial charge in [-0.05, 0) is 60.9 Å². The van der Waals surface area contributed by atoms with E-state index in [0.29, 0.717) is 22.2 Å². The number of rotatable bonds is 3. The number of carbonyl (C=O) groups is 2. The van der Waals surface area contributed by atoms with E-state index < -0.39 is 17.7 Å². The molecule has 0 bridgehead atoms. The first kappa shape index (κ1) is 20.5. The molecule has 1 aliphatic rings. The SMILES string of the molecule is Cc1ccc(/C(O)=C2\C(=O)C(=O)N(c3nc4ccccc4[nH]3)C2c2ccc(O)cc2)cc1C. The number of Topliss-reactive ketones (excluding diaryl/α,β-unsaturated/α-hetero) is 1. The number of phenolic OH excluding ortho intramolecular Hbond substituents is 1. The number of aromatic amines is 1. The minimum absolute atomic E-state index is 0.0330. The number of nitrogens with one attached hydrogen (secondary N) is 1. The van der Waals surface area contributed by atoms with Gasteiger partial charge in [0.2, 0.25) is 5.95 Å². The molecule has 1 unspecified atom stereocenters. The summed E-state index contributed by atoms with van der Waals surface area (Å²) in [7, 11) is 0. The quantitative estimate of drug-likeness (QED) is 0.247. The zero-order valence-electron chi connectivity index (χ0n) is 18.0. The highest BCUT2D eigenvalue weighted by Gasteiger charge is 2.48. The van der Waals surface area contributed by atoms with Crippen LogP contribution < -0.4 is 4.90 Å². The van der Waals surface area contributed by atoms with Gasteiger partial charge >= 0.3 is 5.91 Å². The molecule has 1 atom stereocenters. The number of para-hydroxylation sites is 2. The number of fused-ring (bicyclic) bond motifs is 1. The number of imidazole rings is 1. The van der Waals surface area contributed by atoms with E-state index in [0.717, 1.165) is 11.1 Å². The van der Waals surface area contributed by atoms with Crippen LogP contribution in [0.3, 0.4) is 0 Å². The normalized spacial score (nSPS) is 17.8. The first-order valence-corrected chi connectivity index (χ1v) is 10.5. The van der Waals surface area contributed by atoms with E-state index >= 15 is 0 Å². The van der Waals surface area contributed by atoms with Crippen molar-refractivity contribution in [2.45, 2.75) is 19.9 Å². The van der Waals surface area contributed by atoms with E-state index in [4.69, 9.17) is 0 Å². The summed E-state index contributed by atoms with van der Waals surface area (Å²) in [6.07, 6.45) is 0. The van der Waals surface area contributed by atoms with E-state index in [1.807, 2.05) is 38.1 Å². The van der Waals surface area contributed by atoms with Crippen molar-refractivity contribution in [2.24, 2.45) is 0 Å². The zero-order valence-corrected chi connectivity index (χ0v) is 18.0. The van der Waals surface area contributed by atoms with Crippen LogP contribution in [0.5, 0.6) is 5.75 Å². The molecule has 7 nitrogen and oxygen atoms in total. The molecule has 1 aliphatic heterocycles. The molecule has 5 rings (SSSR count). The van der Waals surface area contributed by atoms with Crippen molar-refractivity contribution >= 4 is 34.4 Å². The lowest BCUT2D eigenvalue weighted by molar-refractivity contribution is -0.132. The lowest BCUT2D eigenvalue weighted by atomic mass is 9.94. The number of hydrogen-bond donors (Lipinski definition) is 3. The number of aromatic nitrogens is 2. The van der Waals surface area contributed by atoms with Crippen LogP contribution >= 0.6 is 0 Å². The fraction of sp³-hybridized carbons (Fsp3) is 0.115. The summed E-state index contributed by atoms with van der Waals surface area (Å²) >= 11 is 0. The molecule has 1 saturated heterocycles. The van der Waals surface area contributed by atoms with Crippen LogP contribution in [0.2, 0.25) is 0 Å². The topological polar surface area (TPSA) is 107 Å². The fourth-order valence-electron chi connectivity index (χ4n) is 4.12. The van der Waals surface area contributed by atoms with Crippen LogP contribution in [0.1, 0.15) is 28.3 Å². The minimum Gasteiger partial charge on any atom is -0.508 e. The van der Waals surface area contributed by atoms with E-state index in [2.05, 4.69) is 9.97 Å². The third-order valence-electron chi connectivity index (χ3n) is 6.04. The van der Waals surface area contributed by atoms with Crippen molar-refractivity contribution in [1.82, 2.24) is 9.97 Å². The third-order valence-corrected chi connectivity index (χ3v) is 6.04. The Kier molecular flexibility index (Phi) is 4.74. The summed E-state index contributed by atoms with van der Waals surface area (Å²) < 4.78 is 0. The Hall–Kier alpha value is -4.39. The van der Waals surface area contributed by atoms with Gasteiger partial charge in [0, 0.05) is 5.56 Å². The van der Waals surface area contributed by atoms with Crippen LogP contribution in [-0.4, -0.2) is 31.9 Å². The van der Waals surface area contributed by atoms with Crippen molar-refractivity contribution in [3.8, 4) is 5.75 Å². The molecule has 7 heteroatoms. The van der Waals surface area contributed by atoms with Crippen molar-refractivity contribution < 1.29 is 19.8 Å². The van der Waals surface area contributed by atoms with E-state index in [9.17, 15) is 19.8 Å². The second-order valence-electron chi connectivity index (χ2n) is 8.14. The summed E-state index contributed by atoms with van der Waals surface area (Å²) in [6.45, 7) is 3.87. The Labute approximate surface area is 189 Å². The molecular weight excluding hydrogens is 418 g/mol. The number of benzene rings is 3. The molecule has 0 spiro atoms. The van der Waals surface area contributed by atoms with Gasteiger partial charge in [-0.2, -0.15) is 0 Å². The fourth-order valence-corrected chi connectivity index (χ4v) is 4.12. The second-order valence-corrected chi connectivity index (χ2v) is 8.14. The number of aromatic hydroxyl groups is 1. The molecule has 3 N–H and O–H groups in total. The van der Waals surface area contributed by atoms with Gasteiger partial charge in [0.05, 0.1) is 22.6 Å². The molecule has 1 amide bonds. The number of anilines is 1. The number of amides is 1. The van der Waals surface area contributed by atoms with E-state index in [1.165, 1.54) is 17.0 Å². The summed E-state index contributed by atoms with van der Waals surface area (Å²) in [4.78, 5) is 35.3. The van der Waals surface area contributed by atoms with Crippen LogP contribution in [0.4, 0.5) is 5.95 Å². The van der Waals surface area contributed by atoms with Crippen LogP contribution in [0.15, 0.2) is 72.3 Å². The molecule has 1 fully saturated rings. The lowest BCUT2D eigenvalue weighted by Gasteiger charge is -2.23. The zero-order chi connectivity index (χ0) is 23.3. The average molecular weight is 439 g/mol. The Morgan fingerprint density at radius 3 is 2.39 bits per heavy atom. The number of aryl methyl sites for hydroxylation is 2. The molecule has 0 radical (unpaired) electrons. The summed E-state index contributed by atoms with van der Waals surface area (Å²) in [5.74, 6) is -1.60.